The summed E-state index contributed by atoms with van der Waals surface area (Å²) in [5, 5.41) is 2.30. The van der Waals surface area contributed by atoms with Crippen molar-refractivity contribution in [1.82, 2.24) is 4.57 Å². The average molecular weight is 620 g/mol. The number of halogens is 1. The van der Waals surface area contributed by atoms with Crippen molar-refractivity contribution < 1.29 is 28.2 Å². The van der Waals surface area contributed by atoms with E-state index in [1.165, 1.54) is 48.0 Å². The molecule has 0 bridgehead atoms. The normalized spacial score (nSPS) is 19.2. The maximum absolute atomic E-state index is 14.1. The molecule has 1 fully saturated rings. The molecule has 9 nitrogen and oxygen atoms in total. The van der Waals surface area contributed by atoms with Gasteiger partial charge in [0, 0.05) is 16.5 Å². The van der Waals surface area contributed by atoms with E-state index in [4.69, 9.17) is 9.47 Å². The number of nitrogens with zero attached hydrogens (tertiary/aromatic N) is 2. The van der Waals surface area contributed by atoms with Crippen LogP contribution in [0.1, 0.15) is 21.9 Å². The highest BCUT2D eigenvalue weighted by Crippen LogP contribution is 2.54. The number of carbonyl (C=O) groups is 3. The van der Waals surface area contributed by atoms with E-state index in [2.05, 4.69) is 5.32 Å². The number of fused-ring (bicyclic) bond motifs is 2. The van der Waals surface area contributed by atoms with Crippen LogP contribution in [0.3, 0.4) is 0 Å². The summed E-state index contributed by atoms with van der Waals surface area (Å²) in [6.07, 6.45) is 0. The first kappa shape index (κ1) is 28.7. The first-order valence-electron chi connectivity index (χ1n) is 13.3. The Labute approximate surface area is 254 Å². The van der Waals surface area contributed by atoms with Crippen molar-refractivity contribution in [2.75, 3.05) is 24.4 Å². The van der Waals surface area contributed by atoms with Crippen LogP contribution in [0.5, 0.6) is 11.5 Å². The zero-order valence-corrected chi connectivity index (χ0v) is 25.0. The van der Waals surface area contributed by atoms with E-state index in [0.29, 0.717) is 38.3 Å². The van der Waals surface area contributed by atoms with Crippen molar-refractivity contribution in [2.45, 2.75) is 29.7 Å². The third-order valence-corrected chi connectivity index (χ3v) is 10.1. The number of thiazole rings is 1. The molecule has 1 aromatic heterocycles. The fourth-order valence-electron chi connectivity index (χ4n) is 5.49. The topological polar surface area (TPSA) is 107 Å². The molecule has 12 heteroatoms. The minimum absolute atomic E-state index is 0.325. The number of hydrogen-bond acceptors (Lipinski definition) is 8. The van der Waals surface area contributed by atoms with E-state index in [9.17, 15) is 23.6 Å². The number of hydrogen-bond donors (Lipinski definition) is 1. The Morgan fingerprint density at radius 2 is 1.63 bits per heavy atom. The van der Waals surface area contributed by atoms with Crippen molar-refractivity contribution in [1.29, 1.82) is 0 Å². The van der Waals surface area contributed by atoms with Crippen molar-refractivity contribution in [3.63, 3.8) is 0 Å². The number of amides is 3. The molecule has 0 unspecified atom stereocenters. The van der Waals surface area contributed by atoms with E-state index < -0.39 is 33.7 Å². The molecule has 2 aliphatic heterocycles. The van der Waals surface area contributed by atoms with Gasteiger partial charge in [-0.3, -0.25) is 23.7 Å². The first-order valence-corrected chi connectivity index (χ1v) is 15.0. The molecule has 0 saturated carbocycles. The molecule has 0 radical (unpaired) electrons. The molecular weight excluding hydrogens is 593 g/mol. The third kappa shape index (κ3) is 5.10. The summed E-state index contributed by atoms with van der Waals surface area (Å²) >= 11 is 2.08. The quantitative estimate of drug-likeness (QED) is 0.296. The molecule has 0 spiro atoms. The second-order valence-electron chi connectivity index (χ2n) is 10.2. The van der Waals surface area contributed by atoms with Gasteiger partial charge in [0.15, 0.2) is 11.5 Å². The smallest absolute Gasteiger partial charge is 0.308 e. The highest BCUT2D eigenvalue weighted by Gasteiger charge is 2.57. The van der Waals surface area contributed by atoms with Crippen LogP contribution in [0.25, 0.3) is 0 Å². The molecule has 3 aromatic carbocycles. The lowest BCUT2D eigenvalue weighted by Crippen LogP contribution is -2.33. The van der Waals surface area contributed by atoms with Gasteiger partial charge in [-0.05, 0) is 61.0 Å². The van der Waals surface area contributed by atoms with Gasteiger partial charge in [0.25, 0.3) is 0 Å². The summed E-state index contributed by atoms with van der Waals surface area (Å²) in [5.74, 6) is -2.21. The molecule has 43 heavy (non-hydrogen) atoms. The fraction of sp³-hybridized carbons (Fsp3) is 0.226. The van der Waals surface area contributed by atoms with Crippen LogP contribution >= 0.6 is 23.1 Å². The van der Waals surface area contributed by atoms with Crippen LogP contribution in [-0.4, -0.2) is 41.8 Å². The molecule has 0 aliphatic carbocycles. The average Bonchev–Trinajstić information content (AvgIpc) is 3.44. The van der Waals surface area contributed by atoms with Crippen LogP contribution in [0, 0.1) is 18.7 Å². The van der Waals surface area contributed by atoms with Crippen LogP contribution in [-0.2, 0) is 20.9 Å². The minimum Gasteiger partial charge on any atom is -0.493 e. The molecule has 2 aliphatic rings. The Balaban J connectivity index is 1.43. The van der Waals surface area contributed by atoms with Crippen LogP contribution in [0.15, 0.2) is 76.6 Å². The molecule has 1 N–H and O–H groups in total. The van der Waals surface area contributed by atoms with Gasteiger partial charge in [-0.15, -0.1) is 0 Å². The van der Waals surface area contributed by atoms with Crippen LogP contribution in [0.2, 0.25) is 0 Å². The molecule has 3 atom stereocenters. The molecule has 6 rings (SSSR count). The predicted molar refractivity (Wildman–Crippen MR) is 162 cm³/mol. The zero-order chi connectivity index (χ0) is 30.4. The second kappa shape index (κ2) is 11.3. The Morgan fingerprint density at radius 1 is 0.930 bits per heavy atom. The summed E-state index contributed by atoms with van der Waals surface area (Å²) in [5.41, 5.74) is 2.51. The largest absolute Gasteiger partial charge is 0.493 e. The molecule has 4 aromatic rings. The second-order valence-corrected chi connectivity index (χ2v) is 12.3. The van der Waals surface area contributed by atoms with Crippen molar-refractivity contribution in [2.24, 2.45) is 5.92 Å². The van der Waals surface area contributed by atoms with Crippen molar-refractivity contribution >= 4 is 52.2 Å². The Kier molecular flexibility index (Phi) is 7.57. The van der Waals surface area contributed by atoms with Gasteiger partial charge in [0.1, 0.15) is 17.6 Å². The van der Waals surface area contributed by atoms with E-state index in [1.807, 2.05) is 19.1 Å². The van der Waals surface area contributed by atoms with E-state index in [-0.39, 0.29) is 18.4 Å². The summed E-state index contributed by atoms with van der Waals surface area (Å²) in [6, 6.07) is 17.7. The number of methoxy groups -OCH3 is 2. The molecule has 220 valence electrons. The predicted octanol–water partition coefficient (Wildman–Crippen LogP) is 4.81. The molecule has 3 heterocycles. The number of rotatable bonds is 7. The standard InChI is InChI=1S/C31H26FN3O6S2/c1-16-4-11-20(12-5-16)35-28(37)25-24(17-6-13-21(40-2)22(14-17)41-3)27-30(42-26(25)29(35)38)34(31(39)43-27)15-23(36)33-19-9-7-18(32)8-10-19/h4-14,24-26H,15H2,1-3H3,(H,33,36)/t24-,25+,26-/m0/s1. The SMILES string of the molecule is COc1ccc([C@@H]2c3sc(=O)n(CC(=O)Nc4ccc(F)cc4)c3S[C@@H]3C(=O)N(c4ccc(C)cc4)C(=O)[C@H]23)cc1OC. The minimum atomic E-state index is -0.834. The van der Waals surface area contributed by atoms with Gasteiger partial charge in [0.2, 0.25) is 17.7 Å². The highest BCUT2D eigenvalue weighted by atomic mass is 32.2. The summed E-state index contributed by atoms with van der Waals surface area (Å²) < 4.78 is 25.6. The molecule has 1 saturated heterocycles. The lowest BCUT2D eigenvalue weighted by Gasteiger charge is -2.31. The Morgan fingerprint density at radius 3 is 2.30 bits per heavy atom. The van der Waals surface area contributed by atoms with E-state index >= 15 is 0 Å². The maximum atomic E-state index is 14.1. The van der Waals surface area contributed by atoms with Crippen molar-refractivity contribution in [3.8, 4) is 11.5 Å². The lowest BCUT2D eigenvalue weighted by atomic mass is 9.83. The first-order chi connectivity index (χ1) is 20.7. The number of thioether (sulfide) groups is 1. The monoisotopic (exact) mass is 619 g/mol. The van der Waals surface area contributed by atoms with E-state index in [1.54, 1.807) is 30.3 Å². The highest BCUT2D eigenvalue weighted by molar-refractivity contribution is 8.00. The number of imide groups is 1. The number of aromatic nitrogens is 1. The Hall–Kier alpha value is -4.42. The van der Waals surface area contributed by atoms with Gasteiger partial charge < -0.3 is 14.8 Å². The van der Waals surface area contributed by atoms with Crippen LogP contribution in [0.4, 0.5) is 15.8 Å². The number of aryl methyl sites for hydroxylation is 1. The van der Waals surface area contributed by atoms with Gasteiger partial charge in [-0.25, -0.2) is 9.29 Å². The summed E-state index contributed by atoms with van der Waals surface area (Å²) in [4.78, 5) is 55.7. The number of carbonyl (C=O) groups excluding carboxylic acids is 3. The van der Waals surface area contributed by atoms with Gasteiger partial charge >= 0.3 is 4.87 Å². The van der Waals surface area contributed by atoms with Crippen LogP contribution < -0.4 is 24.6 Å². The van der Waals surface area contributed by atoms with E-state index in [0.717, 1.165) is 28.7 Å². The number of benzene rings is 3. The summed E-state index contributed by atoms with van der Waals surface area (Å²) in [6.45, 7) is 1.60. The number of ether oxygens (including phenoxy) is 2. The van der Waals surface area contributed by atoms with Gasteiger partial charge in [-0.1, -0.05) is 46.9 Å². The zero-order valence-electron chi connectivity index (χ0n) is 23.3. The number of anilines is 2. The lowest BCUT2D eigenvalue weighted by molar-refractivity contribution is -0.122. The van der Waals surface area contributed by atoms with Crippen molar-refractivity contribution in [3.05, 3.63) is 98.2 Å². The van der Waals surface area contributed by atoms with Gasteiger partial charge in [-0.2, -0.15) is 0 Å². The Bertz CT molecular complexity index is 1800. The molecular formula is C31H26FN3O6S2. The maximum Gasteiger partial charge on any atom is 0.308 e. The number of nitrogens with one attached hydrogen (secondary N) is 1. The fourth-order valence-corrected chi connectivity index (χ4v) is 8.26. The van der Waals surface area contributed by atoms with Gasteiger partial charge in [0.05, 0.1) is 30.9 Å². The summed E-state index contributed by atoms with van der Waals surface area (Å²) in [7, 11) is 3.02. The third-order valence-electron chi connectivity index (χ3n) is 7.54. The molecule has 3 amide bonds.